The number of benzene rings is 3. The number of pyridine rings is 3. The molecule has 7 aromatic rings. The molecule has 0 saturated carbocycles. The molecule has 32 heteroatoms. The van der Waals surface area contributed by atoms with Crippen LogP contribution in [-0.4, -0.2) is 93.5 Å². The number of nitrogens with zero attached hydrogens (tertiary/aromatic N) is 7. The lowest BCUT2D eigenvalue weighted by Crippen LogP contribution is -2.47. The molecule has 4 aromatic heterocycles. The predicted octanol–water partition coefficient (Wildman–Crippen LogP) is 18.5. The Morgan fingerprint density at radius 2 is 0.745 bits per heavy atom. The molecule has 0 aliphatic carbocycles. The molecule has 14 nitrogen and oxygen atoms in total. The molecular formula is C70H65F18N7O7. The molecule has 7 aliphatic heterocycles. The van der Waals surface area contributed by atoms with Crippen LogP contribution in [0.2, 0.25) is 0 Å². The van der Waals surface area contributed by atoms with Crippen molar-refractivity contribution in [1.82, 2.24) is 19.9 Å². The Morgan fingerprint density at radius 1 is 0.422 bits per heavy atom. The van der Waals surface area contributed by atoms with Crippen LogP contribution in [0.5, 0.6) is 17.2 Å². The number of ether oxygens (including phenoxy) is 5. The molecule has 11 heterocycles. The minimum Gasteiger partial charge on any atom is -0.490 e. The van der Waals surface area contributed by atoms with E-state index in [1.54, 1.807) is 13.8 Å². The van der Waals surface area contributed by atoms with Crippen molar-refractivity contribution in [3.8, 4) is 28.6 Å². The number of aryl methyl sites for hydroxylation is 1. The van der Waals surface area contributed by atoms with Crippen molar-refractivity contribution in [3.05, 3.63) is 166 Å². The summed E-state index contributed by atoms with van der Waals surface area (Å²) in [4.78, 5) is 34.1. The van der Waals surface area contributed by atoms with Crippen LogP contribution in [0.3, 0.4) is 0 Å². The standard InChI is InChI=1S/C24H21F6N3O2.C24H24F6N2O3.C22H20F6N2O2/c1-13-31-12-21(34-13)19-8-14(23(25,26)27)2-6-20(19)35-18-9-16-4-5-17(10-18)33(16)22-7-3-15(11-32-22)24(28,29)30;1-22(33-8-9-34-22)19-10-14(23(25,26)27)2-6-20(19)35-18-11-16-4-5-17(12-18)32(16)21-7-3-15(13-31-21)24(28,29)30;1-12(31)18-8-13(21(23,24)25)2-6-19(18)32-17-9-15-4-5-16(10-17)30(15)20-7-3-14(11-29-20)22(26,27)28/h2-3,6-8,11-12,16-18H,4-5,9-10H2,1H3;2-3,6-7,10,13,16-18H,4-5,8-9,11-12H2,1H3;2-3,6-8,11,15-17H,4-5,9-10H2,1H3/t2*16-,17+,18?;15-,16+,17?. The van der Waals surface area contributed by atoms with Crippen LogP contribution in [0.15, 0.2) is 120 Å². The second-order valence-electron chi connectivity index (χ2n) is 26.3. The fraction of sp³-hybridized carbons (Fsp3) is 0.471. The zero-order valence-corrected chi connectivity index (χ0v) is 54.4. The highest BCUT2D eigenvalue weighted by Crippen LogP contribution is 2.48. The number of ketones is 1. The van der Waals surface area contributed by atoms with Gasteiger partial charge in [0.1, 0.15) is 53.0 Å². The van der Waals surface area contributed by atoms with Gasteiger partial charge in [0.05, 0.1) is 69.5 Å². The van der Waals surface area contributed by atoms with E-state index in [2.05, 4.69) is 19.9 Å². The van der Waals surface area contributed by atoms with Crippen molar-refractivity contribution in [2.75, 3.05) is 27.9 Å². The zero-order chi connectivity index (χ0) is 73.2. The topological polar surface area (TPSA) is 138 Å². The second kappa shape index (κ2) is 27.9. The number of oxazole rings is 1. The van der Waals surface area contributed by atoms with Crippen LogP contribution < -0.4 is 28.9 Å². The van der Waals surface area contributed by atoms with Crippen LogP contribution in [0.4, 0.5) is 96.5 Å². The summed E-state index contributed by atoms with van der Waals surface area (Å²) >= 11 is 0. The van der Waals surface area contributed by atoms with E-state index in [1.807, 2.05) is 14.7 Å². The van der Waals surface area contributed by atoms with Crippen LogP contribution in [-0.2, 0) is 52.3 Å². The number of aromatic nitrogens is 4. The van der Waals surface area contributed by atoms with Crippen LogP contribution >= 0.6 is 0 Å². The lowest BCUT2D eigenvalue weighted by Gasteiger charge is -2.40. The van der Waals surface area contributed by atoms with Gasteiger partial charge < -0.3 is 42.8 Å². The number of fused-ring (bicyclic) bond motifs is 6. The summed E-state index contributed by atoms with van der Waals surface area (Å²) in [5.41, 5.74) is -4.75. The number of hydrogen-bond acceptors (Lipinski definition) is 14. The largest absolute Gasteiger partial charge is 0.490 e. The second-order valence-corrected chi connectivity index (χ2v) is 26.3. The number of halogens is 18. The molecular weight excluding hydrogens is 1390 g/mol. The number of carbonyl (C=O) groups excluding carboxylic acids is 1. The fourth-order valence-corrected chi connectivity index (χ4v) is 14.9. The summed E-state index contributed by atoms with van der Waals surface area (Å²) in [5.74, 6) is 0.694. The third kappa shape index (κ3) is 16.1. The Balaban J connectivity index is 0.000000145. The molecule has 7 aliphatic rings. The molecule has 3 aromatic carbocycles. The summed E-state index contributed by atoms with van der Waals surface area (Å²) in [5, 5.41) is 0. The SMILES string of the molecule is CC(=O)c1cc(C(F)(F)F)ccc1OC1C[C@H]2CC[C@@H](C1)N2c1ccc(C(F)(F)F)cn1.CC1(c2cc(C(F)(F)F)ccc2OC2C[C@H]3CC[C@@H](C2)N3c2ccc(C(F)(F)F)cn2)OCCO1.Cc1ncc(-c2cc(C(F)(F)F)ccc2OC2C[C@H]3CC[C@@H](C2)N3c2ccc(C(F)(F)F)cn2)o1. The first kappa shape index (κ1) is 73.2. The molecule has 0 spiro atoms. The Morgan fingerprint density at radius 3 is 1.08 bits per heavy atom. The smallest absolute Gasteiger partial charge is 0.417 e. The highest BCUT2D eigenvalue weighted by molar-refractivity contribution is 5.97. The minimum atomic E-state index is -4.57. The Labute approximate surface area is 571 Å². The first-order valence-corrected chi connectivity index (χ1v) is 32.7. The van der Waals surface area contributed by atoms with Gasteiger partial charge in [-0.05, 0) is 143 Å². The van der Waals surface area contributed by atoms with Crippen molar-refractivity contribution >= 4 is 23.2 Å². The summed E-state index contributed by atoms with van der Waals surface area (Å²) in [6.07, 6.45) is -15.8. The number of alkyl halides is 18. The van der Waals surface area contributed by atoms with Gasteiger partial charge in [-0.1, -0.05) is 0 Å². The molecule has 548 valence electrons. The summed E-state index contributed by atoms with van der Waals surface area (Å²) in [6.45, 7) is 4.87. The Kier molecular flexibility index (Phi) is 20.0. The molecule has 7 fully saturated rings. The number of piperidine rings is 3. The highest BCUT2D eigenvalue weighted by Gasteiger charge is 2.48. The van der Waals surface area contributed by atoms with E-state index < -0.39 is 82.0 Å². The summed E-state index contributed by atoms with van der Waals surface area (Å²) < 4.78 is 270. The van der Waals surface area contributed by atoms with Crippen molar-refractivity contribution < 1.29 is 112 Å². The normalized spacial score (nSPS) is 24.0. The summed E-state index contributed by atoms with van der Waals surface area (Å²) in [7, 11) is 0. The number of Topliss-reactive ketones (excluding diaryl/α,β-unsaturated/α-hetero) is 1. The molecule has 0 amide bonds. The molecule has 7 saturated heterocycles. The van der Waals surface area contributed by atoms with Crippen LogP contribution in [0.25, 0.3) is 11.3 Å². The average Bonchev–Trinajstić information content (AvgIpc) is 1.52. The van der Waals surface area contributed by atoms with Gasteiger partial charge in [-0.2, -0.15) is 79.0 Å². The van der Waals surface area contributed by atoms with Crippen LogP contribution in [0.1, 0.15) is 146 Å². The van der Waals surface area contributed by atoms with E-state index in [0.717, 1.165) is 112 Å². The monoisotopic (exact) mass is 1460 g/mol. The highest BCUT2D eigenvalue weighted by atomic mass is 19.4. The van der Waals surface area contributed by atoms with E-state index >= 15 is 0 Å². The lowest BCUT2D eigenvalue weighted by atomic mass is 9.98. The van der Waals surface area contributed by atoms with Gasteiger partial charge in [-0.3, -0.25) is 4.79 Å². The quantitative estimate of drug-likeness (QED) is 0.0847. The molecule has 102 heavy (non-hydrogen) atoms. The Hall–Kier alpha value is -8.55. The first-order valence-electron chi connectivity index (χ1n) is 32.7. The molecule has 9 atom stereocenters. The summed E-state index contributed by atoms with van der Waals surface area (Å²) in [6, 6.07) is 16.6. The average molecular weight is 1460 g/mol. The third-order valence-corrected chi connectivity index (χ3v) is 19.5. The maximum Gasteiger partial charge on any atom is 0.417 e. The number of carbonyl (C=O) groups is 1. The van der Waals surface area contributed by atoms with E-state index in [-0.39, 0.29) is 107 Å². The van der Waals surface area contributed by atoms with E-state index in [4.69, 9.17) is 28.1 Å². The van der Waals surface area contributed by atoms with Gasteiger partial charge >= 0.3 is 37.1 Å². The van der Waals surface area contributed by atoms with Crippen molar-refractivity contribution in [2.24, 2.45) is 0 Å². The minimum absolute atomic E-state index is 0.00779. The molecule has 0 radical (unpaired) electrons. The van der Waals surface area contributed by atoms with Gasteiger partial charge in [-0.15, -0.1) is 0 Å². The number of hydrogen-bond donors (Lipinski definition) is 0. The third-order valence-electron chi connectivity index (χ3n) is 19.5. The van der Waals surface area contributed by atoms with E-state index in [9.17, 15) is 83.8 Å². The van der Waals surface area contributed by atoms with Gasteiger partial charge in [0.15, 0.2) is 23.2 Å². The Bertz CT molecular complexity index is 4060. The maximum atomic E-state index is 13.4. The van der Waals surface area contributed by atoms with Gasteiger partial charge in [0.25, 0.3) is 0 Å². The first-order chi connectivity index (χ1) is 47.9. The predicted molar refractivity (Wildman–Crippen MR) is 330 cm³/mol. The maximum absolute atomic E-state index is 13.4. The van der Waals surface area contributed by atoms with Gasteiger partial charge in [-0.25, -0.2) is 19.9 Å². The number of rotatable bonds is 12. The van der Waals surface area contributed by atoms with Gasteiger partial charge in [0, 0.05) is 100 Å². The molecule has 3 unspecified atom stereocenters. The van der Waals surface area contributed by atoms with Crippen molar-refractivity contribution in [2.45, 2.75) is 195 Å². The van der Waals surface area contributed by atoms with Gasteiger partial charge in [0.2, 0.25) is 0 Å². The molecule has 14 rings (SSSR count). The van der Waals surface area contributed by atoms with Crippen molar-refractivity contribution in [1.29, 1.82) is 0 Å². The zero-order valence-electron chi connectivity index (χ0n) is 54.4. The number of anilines is 3. The van der Waals surface area contributed by atoms with E-state index in [1.165, 1.54) is 49.5 Å². The fourth-order valence-electron chi connectivity index (χ4n) is 14.9. The molecule has 6 bridgehead atoms. The lowest BCUT2D eigenvalue weighted by molar-refractivity contribution is -0.153. The van der Waals surface area contributed by atoms with Crippen LogP contribution in [0, 0.1) is 6.92 Å². The van der Waals surface area contributed by atoms with E-state index in [0.29, 0.717) is 61.9 Å². The molecule has 0 N–H and O–H groups in total. The van der Waals surface area contributed by atoms with Crippen molar-refractivity contribution in [3.63, 3.8) is 0 Å².